The standard InChI is InChI=1S/C9H20N2OS/c1-8(7-10)6-9(12)11-4-3-5-13-2/h8H,3-7,10H2,1-2H3,(H,11,12). The average Bonchev–Trinajstić information content (AvgIpc) is 2.12. The van der Waals surface area contributed by atoms with E-state index in [1.807, 2.05) is 6.92 Å². The minimum Gasteiger partial charge on any atom is -0.356 e. The molecule has 0 aliphatic carbocycles. The van der Waals surface area contributed by atoms with Gasteiger partial charge in [-0.15, -0.1) is 0 Å². The quantitative estimate of drug-likeness (QED) is 0.604. The van der Waals surface area contributed by atoms with Crippen LogP contribution in [0, 0.1) is 5.92 Å². The van der Waals surface area contributed by atoms with Gasteiger partial charge in [-0.2, -0.15) is 11.8 Å². The van der Waals surface area contributed by atoms with E-state index in [1.54, 1.807) is 11.8 Å². The molecule has 0 fully saturated rings. The molecule has 0 heterocycles. The van der Waals surface area contributed by atoms with Gasteiger partial charge in [0.25, 0.3) is 0 Å². The van der Waals surface area contributed by atoms with E-state index in [1.165, 1.54) is 0 Å². The maximum absolute atomic E-state index is 11.2. The molecule has 3 N–H and O–H groups in total. The van der Waals surface area contributed by atoms with Crippen LogP contribution >= 0.6 is 11.8 Å². The van der Waals surface area contributed by atoms with Gasteiger partial charge < -0.3 is 11.1 Å². The minimum atomic E-state index is 0.124. The predicted molar refractivity (Wildman–Crippen MR) is 58.8 cm³/mol. The second-order valence-corrected chi connectivity index (χ2v) is 4.23. The van der Waals surface area contributed by atoms with Gasteiger partial charge in [0.1, 0.15) is 0 Å². The second-order valence-electron chi connectivity index (χ2n) is 3.24. The molecule has 1 unspecified atom stereocenters. The van der Waals surface area contributed by atoms with E-state index >= 15 is 0 Å². The van der Waals surface area contributed by atoms with E-state index in [-0.39, 0.29) is 5.91 Å². The molecule has 0 aliphatic rings. The van der Waals surface area contributed by atoms with Gasteiger partial charge >= 0.3 is 0 Å². The molecular weight excluding hydrogens is 184 g/mol. The molecule has 0 aromatic carbocycles. The summed E-state index contributed by atoms with van der Waals surface area (Å²) in [4.78, 5) is 11.2. The summed E-state index contributed by atoms with van der Waals surface area (Å²) < 4.78 is 0. The van der Waals surface area contributed by atoms with Crippen molar-refractivity contribution >= 4 is 17.7 Å². The number of amides is 1. The largest absolute Gasteiger partial charge is 0.356 e. The second kappa shape index (κ2) is 8.38. The normalized spacial score (nSPS) is 12.5. The van der Waals surface area contributed by atoms with Crippen molar-refractivity contribution in [1.82, 2.24) is 5.32 Å². The third-order valence-corrected chi connectivity index (χ3v) is 2.48. The van der Waals surface area contributed by atoms with E-state index in [2.05, 4.69) is 11.6 Å². The highest BCUT2D eigenvalue weighted by Gasteiger charge is 2.05. The first-order valence-electron chi connectivity index (χ1n) is 4.66. The third kappa shape index (κ3) is 8.12. The smallest absolute Gasteiger partial charge is 0.220 e. The van der Waals surface area contributed by atoms with Crippen LogP contribution in [0.1, 0.15) is 19.8 Å². The molecule has 1 atom stereocenters. The lowest BCUT2D eigenvalue weighted by molar-refractivity contribution is -0.121. The first-order valence-corrected chi connectivity index (χ1v) is 6.05. The van der Waals surface area contributed by atoms with E-state index in [0.717, 1.165) is 18.7 Å². The highest BCUT2D eigenvalue weighted by atomic mass is 32.2. The molecule has 0 rings (SSSR count). The average molecular weight is 204 g/mol. The molecule has 0 radical (unpaired) electrons. The van der Waals surface area contributed by atoms with Gasteiger partial charge in [0.2, 0.25) is 5.91 Å². The highest BCUT2D eigenvalue weighted by molar-refractivity contribution is 7.98. The molecule has 0 aromatic rings. The SMILES string of the molecule is CSCCCNC(=O)CC(C)CN. The Balaban J connectivity index is 3.30. The fraction of sp³-hybridized carbons (Fsp3) is 0.889. The number of hydrogen-bond acceptors (Lipinski definition) is 3. The molecular formula is C9H20N2OS. The number of hydrogen-bond donors (Lipinski definition) is 2. The Morgan fingerprint density at radius 3 is 2.85 bits per heavy atom. The van der Waals surface area contributed by atoms with Crippen LogP contribution in [-0.4, -0.2) is 31.0 Å². The van der Waals surface area contributed by atoms with Gasteiger partial charge in [-0.05, 0) is 30.9 Å². The zero-order chi connectivity index (χ0) is 10.1. The van der Waals surface area contributed by atoms with E-state index < -0.39 is 0 Å². The molecule has 0 bridgehead atoms. The Morgan fingerprint density at radius 2 is 2.31 bits per heavy atom. The molecule has 0 spiro atoms. The zero-order valence-electron chi connectivity index (χ0n) is 8.51. The van der Waals surface area contributed by atoms with E-state index in [9.17, 15) is 4.79 Å². The topological polar surface area (TPSA) is 55.1 Å². The summed E-state index contributed by atoms with van der Waals surface area (Å²) in [6.07, 6.45) is 3.66. The van der Waals surface area contributed by atoms with Crippen LogP contribution in [0.25, 0.3) is 0 Å². The van der Waals surface area contributed by atoms with Crippen LogP contribution in [0.5, 0.6) is 0 Å². The van der Waals surface area contributed by atoms with E-state index in [4.69, 9.17) is 5.73 Å². The summed E-state index contributed by atoms with van der Waals surface area (Å²) in [5.74, 6) is 1.52. The summed E-state index contributed by atoms with van der Waals surface area (Å²) in [5, 5.41) is 2.87. The minimum absolute atomic E-state index is 0.124. The van der Waals surface area contributed by atoms with Gasteiger partial charge in [0, 0.05) is 13.0 Å². The number of carbonyl (C=O) groups is 1. The lowest BCUT2D eigenvalue weighted by atomic mass is 10.1. The fourth-order valence-electron chi connectivity index (χ4n) is 0.916. The zero-order valence-corrected chi connectivity index (χ0v) is 9.32. The summed E-state index contributed by atoms with van der Waals surface area (Å²) in [6, 6.07) is 0. The van der Waals surface area contributed by atoms with Crippen molar-refractivity contribution in [2.24, 2.45) is 11.7 Å². The lowest BCUT2D eigenvalue weighted by Crippen LogP contribution is -2.28. The number of carbonyl (C=O) groups excluding carboxylic acids is 1. The van der Waals surface area contributed by atoms with Crippen molar-refractivity contribution in [3.8, 4) is 0 Å². The monoisotopic (exact) mass is 204 g/mol. The number of rotatable bonds is 7. The summed E-state index contributed by atoms with van der Waals surface area (Å²) in [6.45, 7) is 3.36. The van der Waals surface area contributed by atoms with Crippen LogP contribution in [0.4, 0.5) is 0 Å². The lowest BCUT2D eigenvalue weighted by Gasteiger charge is -2.08. The van der Waals surface area contributed by atoms with Crippen LogP contribution in [0.15, 0.2) is 0 Å². The van der Waals surface area contributed by atoms with Crippen molar-refractivity contribution < 1.29 is 4.79 Å². The molecule has 0 aliphatic heterocycles. The van der Waals surface area contributed by atoms with Crippen molar-refractivity contribution in [2.45, 2.75) is 19.8 Å². The molecule has 0 aromatic heterocycles. The van der Waals surface area contributed by atoms with Crippen molar-refractivity contribution in [3.05, 3.63) is 0 Å². The highest BCUT2D eigenvalue weighted by Crippen LogP contribution is 1.98. The van der Waals surface area contributed by atoms with Crippen molar-refractivity contribution in [1.29, 1.82) is 0 Å². The number of nitrogens with two attached hydrogens (primary N) is 1. The molecule has 13 heavy (non-hydrogen) atoms. The number of thioether (sulfide) groups is 1. The van der Waals surface area contributed by atoms with E-state index in [0.29, 0.717) is 18.9 Å². The maximum Gasteiger partial charge on any atom is 0.220 e. The maximum atomic E-state index is 11.2. The van der Waals surface area contributed by atoms with Crippen molar-refractivity contribution in [2.75, 3.05) is 25.1 Å². The Morgan fingerprint density at radius 1 is 1.62 bits per heavy atom. The van der Waals surface area contributed by atoms with Gasteiger partial charge in [-0.1, -0.05) is 6.92 Å². The predicted octanol–water partition coefficient (Wildman–Crippen LogP) is 0.841. The first-order chi connectivity index (χ1) is 6.20. The first kappa shape index (κ1) is 12.8. The van der Waals surface area contributed by atoms with Gasteiger partial charge in [-0.3, -0.25) is 4.79 Å². The molecule has 78 valence electrons. The molecule has 1 amide bonds. The number of nitrogens with one attached hydrogen (secondary N) is 1. The van der Waals surface area contributed by atoms with Crippen LogP contribution in [0.2, 0.25) is 0 Å². The van der Waals surface area contributed by atoms with Crippen molar-refractivity contribution in [3.63, 3.8) is 0 Å². The van der Waals surface area contributed by atoms with Crippen LogP contribution in [-0.2, 0) is 4.79 Å². The third-order valence-electron chi connectivity index (χ3n) is 1.78. The molecule has 4 heteroatoms. The molecule has 0 saturated carbocycles. The summed E-state index contributed by atoms with van der Waals surface area (Å²) in [5.41, 5.74) is 5.41. The molecule has 0 saturated heterocycles. The van der Waals surface area contributed by atoms with Gasteiger partial charge in [-0.25, -0.2) is 0 Å². The van der Waals surface area contributed by atoms with Crippen LogP contribution in [0.3, 0.4) is 0 Å². The fourth-order valence-corrected chi connectivity index (χ4v) is 1.35. The Kier molecular flexibility index (Phi) is 8.24. The van der Waals surface area contributed by atoms with Gasteiger partial charge in [0.05, 0.1) is 0 Å². The summed E-state index contributed by atoms with van der Waals surface area (Å²) in [7, 11) is 0. The molecule has 3 nitrogen and oxygen atoms in total. The summed E-state index contributed by atoms with van der Waals surface area (Å²) >= 11 is 1.80. The Bertz CT molecular complexity index is 142. The Labute approximate surface area is 84.8 Å². The Hall–Kier alpha value is -0.220. The van der Waals surface area contributed by atoms with Crippen LogP contribution < -0.4 is 11.1 Å². The van der Waals surface area contributed by atoms with Gasteiger partial charge in [0.15, 0.2) is 0 Å².